The van der Waals surface area contributed by atoms with Crippen molar-refractivity contribution in [3.05, 3.63) is 23.4 Å². The molecule has 0 unspecified atom stereocenters. The molecule has 16 heavy (non-hydrogen) atoms. The quantitative estimate of drug-likeness (QED) is 0.826. The normalized spacial score (nSPS) is 18.7. The first-order valence-corrected chi connectivity index (χ1v) is 6.04. The Balaban J connectivity index is 1.98. The van der Waals surface area contributed by atoms with Crippen molar-refractivity contribution in [1.82, 2.24) is 9.88 Å². The van der Waals surface area contributed by atoms with Gasteiger partial charge in [-0.05, 0) is 64.5 Å². The molecule has 3 nitrogen and oxygen atoms in total. The van der Waals surface area contributed by atoms with E-state index < -0.39 is 0 Å². The summed E-state index contributed by atoms with van der Waals surface area (Å²) in [6.45, 7) is 6.53. The van der Waals surface area contributed by atoms with Gasteiger partial charge in [0.2, 0.25) is 0 Å². The second-order valence-corrected chi connectivity index (χ2v) is 4.89. The van der Waals surface area contributed by atoms with Crippen LogP contribution in [0.1, 0.15) is 24.1 Å². The van der Waals surface area contributed by atoms with Gasteiger partial charge in [0.25, 0.3) is 0 Å². The van der Waals surface area contributed by atoms with Gasteiger partial charge in [-0.25, -0.2) is 4.98 Å². The van der Waals surface area contributed by atoms with Crippen LogP contribution in [0.4, 0.5) is 5.82 Å². The van der Waals surface area contributed by atoms with Crippen molar-refractivity contribution in [2.45, 2.75) is 32.7 Å². The molecule has 1 saturated heterocycles. The molecule has 2 rings (SSSR count). The Morgan fingerprint density at radius 2 is 1.94 bits per heavy atom. The van der Waals surface area contributed by atoms with E-state index in [2.05, 4.69) is 41.3 Å². The summed E-state index contributed by atoms with van der Waals surface area (Å²) in [6.07, 6.45) is 2.43. The predicted octanol–water partition coefficient (Wildman–Crippen LogP) is 2.20. The van der Waals surface area contributed by atoms with Gasteiger partial charge < -0.3 is 10.2 Å². The number of aromatic nitrogens is 1. The first kappa shape index (κ1) is 11.4. The lowest BCUT2D eigenvalue weighted by molar-refractivity contribution is 0.263. The Kier molecular flexibility index (Phi) is 3.44. The molecule has 1 aliphatic rings. The van der Waals surface area contributed by atoms with Crippen LogP contribution >= 0.6 is 0 Å². The van der Waals surface area contributed by atoms with E-state index in [4.69, 9.17) is 0 Å². The SMILES string of the molecule is Cc1cc(C)nc(NC2CCN(C)CC2)c1. The topological polar surface area (TPSA) is 28.2 Å². The zero-order chi connectivity index (χ0) is 11.5. The van der Waals surface area contributed by atoms with Crippen LogP contribution in [0.25, 0.3) is 0 Å². The Morgan fingerprint density at radius 3 is 2.56 bits per heavy atom. The fraction of sp³-hybridized carbons (Fsp3) is 0.615. The number of anilines is 1. The third kappa shape index (κ3) is 2.95. The van der Waals surface area contributed by atoms with Crippen LogP contribution < -0.4 is 5.32 Å². The molecule has 1 fully saturated rings. The van der Waals surface area contributed by atoms with Gasteiger partial charge in [0.05, 0.1) is 0 Å². The van der Waals surface area contributed by atoms with Crippen LogP contribution in [0.5, 0.6) is 0 Å². The van der Waals surface area contributed by atoms with Crippen LogP contribution in [0.3, 0.4) is 0 Å². The number of nitrogens with zero attached hydrogens (tertiary/aromatic N) is 2. The van der Waals surface area contributed by atoms with Crippen LogP contribution in [0.2, 0.25) is 0 Å². The number of rotatable bonds is 2. The van der Waals surface area contributed by atoms with Crippen LogP contribution in [-0.2, 0) is 0 Å². The smallest absolute Gasteiger partial charge is 0.126 e. The maximum absolute atomic E-state index is 4.52. The van der Waals surface area contributed by atoms with Crippen molar-refractivity contribution >= 4 is 5.82 Å². The third-order valence-corrected chi connectivity index (χ3v) is 3.17. The lowest BCUT2D eigenvalue weighted by Gasteiger charge is -2.29. The predicted molar refractivity (Wildman–Crippen MR) is 67.9 cm³/mol. The van der Waals surface area contributed by atoms with E-state index in [-0.39, 0.29) is 0 Å². The second kappa shape index (κ2) is 4.83. The number of hydrogen-bond acceptors (Lipinski definition) is 3. The number of aryl methyl sites for hydroxylation is 2. The fourth-order valence-corrected chi connectivity index (χ4v) is 2.28. The van der Waals surface area contributed by atoms with Crippen molar-refractivity contribution in [3.8, 4) is 0 Å². The van der Waals surface area contributed by atoms with Gasteiger partial charge in [-0.1, -0.05) is 0 Å². The number of likely N-dealkylation sites (tertiary alicyclic amines) is 1. The minimum atomic E-state index is 0.588. The monoisotopic (exact) mass is 219 g/mol. The molecule has 0 atom stereocenters. The van der Waals surface area contributed by atoms with Crippen LogP contribution in [0.15, 0.2) is 12.1 Å². The fourth-order valence-electron chi connectivity index (χ4n) is 2.28. The van der Waals surface area contributed by atoms with Gasteiger partial charge in [0.1, 0.15) is 5.82 Å². The lowest BCUT2D eigenvalue weighted by atomic mass is 10.1. The summed E-state index contributed by atoms with van der Waals surface area (Å²) in [5.74, 6) is 1.03. The number of nitrogens with one attached hydrogen (secondary N) is 1. The molecule has 0 aliphatic carbocycles. The minimum absolute atomic E-state index is 0.588. The molecule has 0 saturated carbocycles. The van der Waals surface area contributed by atoms with Crippen molar-refractivity contribution < 1.29 is 0 Å². The number of piperidine rings is 1. The first-order valence-electron chi connectivity index (χ1n) is 6.04. The van der Waals surface area contributed by atoms with E-state index in [9.17, 15) is 0 Å². The van der Waals surface area contributed by atoms with Gasteiger partial charge in [-0.2, -0.15) is 0 Å². The van der Waals surface area contributed by atoms with E-state index in [0.717, 1.165) is 11.5 Å². The maximum atomic E-state index is 4.52. The minimum Gasteiger partial charge on any atom is -0.367 e. The summed E-state index contributed by atoms with van der Waals surface area (Å²) >= 11 is 0. The highest BCUT2D eigenvalue weighted by Gasteiger charge is 2.16. The van der Waals surface area contributed by atoms with Crippen LogP contribution in [-0.4, -0.2) is 36.1 Å². The van der Waals surface area contributed by atoms with Gasteiger partial charge in [-0.15, -0.1) is 0 Å². The standard InChI is InChI=1S/C13H21N3/c1-10-8-11(2)14-13(9-10)15-12-4-6-16(3)7-5-12/h8-9,12H,4-7H2,1-3H3,(H,14,15). The second-order valence-electron chi connectivity index (χ2n) is 4.89. The van der Waals surface area contributed by atoms with Gasteiger partial charge in [0, 0.05) is 11.7 Å². The Labute approximate surface area is 97.9 Å². The molecule has 1 aromatic rings. The molecule has 88 valence electrons. The summed E-state index contributed by atoms with van der Waals surface area (Å²) < 4.78 is 0. The largest absolute Gasteiger partial charge is 0.367 e. The zero-order valence-corrected chi connectivity index (χ0v) is 10.5. The highest BCUT2D eigenvalue weighted by molar-refractivity contribution is 5.40. The molecule has 0 spiro atoms. The van der Waals surface area contributed by atoms with Crippen LogP contribution in [0, 0.1) is 13.8 Å². The maximum Gasteiger partial charge on any atom is 0.126 e. The zero-order valence-electron chi connectivity index (χ0n) is 10.5. The molecule has 3 heteroatoms. The molecule has 1 N–H and O–H groups in total. The van der Waals surface area contributed by atoms with Crippen molar-refractivity contribution in [2.75, 3.05) is 25.5 Å². The third-order valence-electron chi connectivity index (χ3n) is 3.17. The average Bonchev–Trinajstić information content (AvgIpc) is 2.20. The molecular formula is C13H21N3. The number of hydrogen-bond donors (Lipinski definition) is 1. The van der Waals surface area contributed by atoms with Crippen molar-refractivity contribution in [3.63, 3.8) is 0 Å². The molecule has 1 aliphatic heterocycles. The summed E-state index contributed by atoms with van der Waals surface area (Å²) in [5.41, 5.74) is 2.37. The summed E-state index contributed by atoms with van der Waals surface area (Å²) in [7, 11) is 2.19. The molecule has 0 radical (unpaired) electrons. The molecule has 0 amide bonds. The van der Waals surface area contributed by atoms with E-state index in [0.29, 0.717) is 6.04 Å². The Bertz CT molecular complexity index is 334. The molecule has 0 aromatic carbocycles. The highest BCUT2D eigenvalue weighted by Crippen LogP contribution is 2.15. The van der Waals surface area contributed by atoms with E-state index in [1.165, 1.54) is 31.5 Å². The Morgan fingerprint density at radius 1 is 1.25 bits per heavy atom. The van der Waals surface area contributed by atoms with E-state index >= 15 is 0 Å². The van der Waals surface area contributed by atoms with E-state index in [1.54, 1.807) is 0 Å². The summed E-state index contributed by atoms with van der Waals surface area (Å²) in [4.78, 5) is 6.90. The summed E-state index contributed by atoms with van der Waals surface area (Å²) in [6, 6.07) is 4.83. The first-order chi connectivity index (χ1) is 7.63. The van der Waals surface area contributed by atoms with Gasteiger partial charge in [-0.3, -0.25) is 0 Å². The van der Waals surface area contributed by atoms with E-state index in [1.807, 2.05) is 6.92 Å². The number of pyridine rings is 1. The summed E-state index contributed by atoms with van der Waals surface area (Å²) in [5, 5.41) is 3.55. The van der Waals surface area contributed by atoms with Crippen molar-refractivity contribution in [2.24, 2.45) is 0 Å². The van der Waals surface area contributed by atoms with Gasteiger partial charge >= 0.3 is 0 Å². The highest BCUT2D eigenvalue weighted by atomic mass is 15.1. The Hall–Kier alpha value is -1.09. The lowest BCUT2D eigenvalue weighted by Crippen LogP contribution is -2.36. The van der Waals surface area contributed by atoms with Crippen molar-refractivity contribution in [1.29, 1.82) is 0 Å². The molecular weight excluding hydrogens is 198 g/mol. The average molecular weight is 219 g/mol. The molecule has 0 bridgehead atoms. The van der Waals surface area contributed by atoms with Gasteiger partial charge in [0.15, 0.2) is 0 Å². The molecule has 1 aromatic heterocycles. The molecule has 2 heterocycles.